The lowest BCUT2D eigenvalue weighted by atomic mass is 9.93. The molecule has 5 aromatic heterocycles. The number of fused-ring (bicyclic) bond motifs is 6. The fraction of sp³-hybridized carbons (Fsp3) is 0.353. The Morgan fingerprint density at radius 2 is 1.11 bits per heavy atom. The minimum absolute atomic E-state index is 0. The van der Waals surface area contributed by atoms with Gasteiger partial charge in [-0.25, -0.2) is 9.97 Å². The van der Waals surface area contributed by atoms with E-state index in [1.54, 1.807) is 50.7 Å². The molecule has 0 spiro atoms. The van der Waals surface area contributed by atoms with Gasteiger partial charge in [-0.15, -0.1) is 45.3 Å². The molecule has 0 bridgehead atoms. The molecule has 3 aromatic carbocycles. The van der Waals surface area contributed by atoms with Gasteiger partial charge in [0, 0.05) is 112 Å². The van der Waals surface area contributed by atoms with Crippen molar-refractivity contribution in [2.45, 2.75) is 144 Å². The van der Waals surface area contributed by atoms with Gasteiger partial charge in [0.15, 0.2) is 0 Å². The van der Waals surface area contributed by atoms with E-state index in [1.807, 2.05) is 41.7 Å². The summed E-state index contributed by atoms with van der Waals surface area (Å²) in [6.07, 6.45) is 25.2. The van der Waals surface area contributed by atoms with Crippen molar-refractivity contribution in [2.24, 2.45) is 0 Å². The van der Waals surface area contributed by atoms with Crippen molar-refractivity contribution in [2.75, 3.05) is 14.2 Å². The molecule has 0 unspecified atom stereocenters. The van der Waals surface area contributed by atoms with Crippen molar-refractivity contribution in [3.8, 4) is 104 Å². The minimum atomic E-state index is 0. The van der Waals surface area contributed by atoms with E-state index in [9.17, 15) is 0 Å². The van der Waals surface area contributed by atoms with Gasteiger partial charge in [-0.05, 0) is 166 Å². The minimum Gasteiger partial charge on any atom is -0.479 e. The molecular formula is C68H130N2O2S4. The van der Waals surface area contributed by atoms with Gasteiger partial charge in [0.25, 0.3) is 0 Å². The van der Waals surface area contributed by atoms with E-state index < -0.39 is 0 Å². The van der Waals surface area contributed by atoms with Crippen molar-refractivity contribution in [3.05, 3.63) is 91.2 Å². The van der Waals surface area contributed by atoms with Crippen molar-refractivity contribution >= 4 is 97.8 Å². The second kappa shape index (κ2) is 27.9. The number of aromatic nitrogens is 2. The first-order valence-corrected chi connectivity index (χ1v) is 30.2. The molecule has 0 amide bonds. The third-order valence-electron chi connectivity index (χ3n) is 13.7. The number of benzene rings is 3. The normalized spacial score (nSPS) is 11.3. The molecule has 448 valence electrons. The predicted molar refractivity (Wildman–Crippen MR) is 399 cm³/mol. The van der Waals surface area contributed by atoms with Crippen LogP contribution in [0.1, 0.15) is 202 Å². The average Bonchev–Trinajstić information content (AvgIpc) is 1.57. The molecule has 0 saturated carbocycles. The molecule has 8 aromatic rings. The van der Waals surface area contributed by atoms with Crippen molar-refractivity contribution < 1.29 is 55.1 Å². The van der Waals surface area contributed by atoms with E-state index in [0.29, 0.717) is 22.5 Å². The van der Waals surface area contributed by atoms with Crippen LogP contribution in [-0.4, -0.2) is 24.2 Å². The van der Waals surface area contributed by atoms with E-state index in [2.05, 4.69) is 145 Å². The third-order valence-corrected chi connectivity index (χ3v) is 18.1. The van der Waals surface area contributed by atoms with Gasteiger partial charge in [-0.1, -0.05) is 127 Å². The molecule has 0 atom stereocenters. The molecule has 0 radical (unpaired) electrons. The first-order chi connectivity index (χ1) is 37.3. The maximum absolute atomic E-state index is 5.67. The van der Waals surface area contributed by atoms with Gasteiger partial charge in [0.1, 0.15) is 10.7 Å². The van der Waals surface area contributed by atoms with Gasteiger partial charge in [-0.2, -0.15) is 0 Å². The molecule has 4 nitrogen and oxygen atoms in total. The predicted octanol–water partition coefficient (Wildman–Crippen LogP) is 25.0. The van der Waals surface area contributed by atoms with Crippen LogP contribution in [0.25, 0.3) is 73.4 Å². The Balaban J connectivity index is -0.0000000936. The molecule has 8 rings (SSSR count). The summed E-state index contributed by atoms with van der Waals surface area (Å²) in [5.41, 5.74) is 6.95. The molecular weight excluding hydrogens is 1010 g/mol. The zero-order chi connectivity index (χ0) is 53.2. The summed E-state index contributed by atoms with van der Waals surface area (Å²) in [7, 11) is 3.21. The Hall–Kier alpha value is -6.72. The summed E-state index contributed by atoms with van der Waals surface area (Å²) in [6.45, 7) is 12.2. The summed E-state index contributed by atoms with van der Waals surface area (Å²) < 4.78 is 16.2. The van der Waals surface area contributed by atoms with Gasteiger partial charge in [-0.3, -0.25) is 0 Å². The van der Waals surface area contributed by atoms with Crippen LogP contribution in [0, 0.1) is 84.9 Å². The van der Waals surface area contributed by atoms with Crippen LogP contribution in [0.5, 0.6) is 11.8 Å². The van der Waals surface area contributed by atoms with Crippen LogP contribution in [0.3, 0.4) is 0 Å². The summed E-state index contributed by atoms with van der Waals surface area (Å²) in [6, 6.07) is 18.3. The molecule has 76 heavy (non-hydrogen) atoms. The van der Waals surface area contributed by atoms with Crippen LogP contribution < -0.4 is 20.2 Å². The maximum Gasteiger partial charge on any atom is 0.240 e. The lowest BCUT2D eigenvalue weighted by Gasteiger charge is -2.12. The number of methoxy groups -OCH3 is 2. The summed E-state index contributed by atoms with van der Waals surface area (Å²) in [5, 5.41) is 6.12. The summed E-state index contributed by atoms with van der Waals surface area (Å²) in [4.78, 5) is 14.1. The molecule has 0 aliphatic heterocycles. The molecule has 0 aliphatic rings. The highest BCUT2D eigenvalue weighted by Crippen LogP contribution is 2.49. The zero-order valence-corrected chi connectivity index (χ0v) is 48.7. The van der Waals surface area contributed by atoms with E-state index in [0.717, 1.165) is 44.0 Å². The SMILES string of the molecule is CC#CC#CC#Cc1c(-c2ccc(/C=c3\nc(OC)/c(=C/C)nc3OC)s2)cc(C)c2c1sc1cc3c(cc12)sc1c(CCCCCCCCCCCCCCCCC)c(-c2ccc(C)s2)cc(C#CC#CC#CC)c13.[HH].[HH].[HH].[HH].[HH].[HH].[HH].[HH].[HH].[HH].[HH].[HH].[HH].[HH].[HH].[HH].[HH].[HH].[HH].[HH].[HH].[HH].[HH].[HH].[HH].[HH].[HH].[HH].[HH].[HH].[HH].[HH]. The number of hydrogen-bond donors (Lipinski definition) is 0. The van der Waals surface area contributed by atoms with Crippen LogP contribution in [0.15, 0.2) is 48.5 Å². The number of hydrogen-bond acceptors (Lipinski definition) is 8. The van der Waals surface area contributed by atoms with Crippen molar-refractivity contribution in [1.82, 2.24) is 9.97 Å². The molecule has 0 fully saturated rings. The third kappa shape index (κ3) is 13.4. The highest BCUT2D eigenvalue weighted by Gasteiger charge is 2.22. The highest BCUT2D eigenvalue weighted by atomic mass is 32.1. The quantitative estimate of drug-likeness (QED) is 0.0531. The second-order valence-electron chi connectivity index (χ2n) is 19.0. The summed E-state index contributed by atoms with van der Waals surface area (Å²) >= 11 is 7.25. The number of aryl methyl sites for hydroxylation is 3. The van der Waals surface area contributed by atoms with Crippen LogP contribution in [-0.2, 0) is 6.42 Å². The van der Waals surface area contributed by atoms with Crippen molar-refractivity contribution in [3.63, 3.8) is 0 Å². The van der Waals surface area contributed by atoms with Crippen LogP contribution in [0.2, 0.25) is 0 Å². The molecule has 0 aliphatic carbocycles. The first kappa shape index (κ1) is 55.5. The average molecular weight is 1140 g/mol. The van der Waals surface area contributed by atoms with E-state index in [1.165, 1.54) is 152 Å². The fourth-order valence-electron chi connectivity index (χ4n) is 9.94. The Morgan fingerprint density at radius 3 is 1.71 bits per heavy atom. The van der Waals surface area contributed by atoms with Crippen LogP contribution in [0.4, 0.5) is 0 Å². The molecule has 0 saturated heterocycles. The van der Waals surface area contributed by atoms with E-state index in [-0.39, 0.29) is 45.7 Å². The number of rotatable bonds is 21. The largest absolute Gasteiger partial charge is 0.479 e. The molecule has 0 N–H and O–H groups in total. The van der Waals surface area contributed by atoms with Gasteiger partial charge in [0.05, 0.1) is 24.5 Å². The number of nitrogens with zero attached hydrogens (tertiary/aromatic N) is 2. The Morgan fingerprint density at radius 1 is 0.553 bits per heavy atom. The van der Waals surface area contributed by atoms with Gasteiger partial charge >= 0.3 is 0 Å². The number of ether oxygens (including phenoxy) is 2. The molecule has 5 heterocycles. The molecule has 8 heteroatoms. The van der Waals surface area contributed by atoms with Crippen LogP contribution >= 0.6 is 45.3 Å². The van der Waals surface area contributed by atoms with E-state index in [4.69, 9.17) is 14.5 Å². The topological polar surface area (TPSA) is 44.2 Å². The Bertz CT molecular complexity index is 4030. The fourth-order valence-corrected chi connectivity index (χ4v) is 14.5. The Labute approximate surface area is 515 Å². The van der Waals surface area contributed by atoms with Gasteiger partial charge in [0.2, 0.25) is 11.8 Å². The second-order valence-corrected chi connectivity index (χ2v) is 23.5. The highest BCUT2D eigenvalue weighted by molar-refractivity contribution is 7.28. The lowest BCUT2D eigenvalue weighted by molar-refractivity contribution is 0.365. The number of unbranched alkanes of at least 4 members (excludes halogenated alkanes) is 14. The van der Waals surface area contributed by atoms with Crippen molar-refractivity contribution in [1.29, 1.82) is 0 Å². The summed E-state index contributed by atoms with van der Waals surface area (Å²) in [5.74, 6) is 37.5. The Kier molecular flexibility index (Phi) is 20.4. The maximum atomic E-state index is 5.67. The first-order valence-electron chi connectivity index (χ1n) is 26.9. The lowest BCUT2D eigenvalue weighted by Crippen LogP contribution is -2.23. The zero-order valence-electron chi connectivity index (χ0n) is 45.4. The monoisotopic (exact) mass is 1130 g/mol. The van der Waals surface area contributed by atoms with E-state index >= 15 is 0 Å². The van der Waals surface area contributed by atoms with Gasteiger partial charge < -0.3 is 9.47 Å². The smallest absolute Gasteiger partial charge is 0.240 e. The standard InChI is InChI=1S/C68H66N2O2S4.32H2/c1-9-13-16-19-20-21-22-23-24-25-26-27-28-31-34-37-52-54(59-40-38-48(6)73-59)43-49(35-32-29-17-14-10-2)64-56-46-61-55(45-62(56)76-66(52)64)63-47(5)42-53(51(65(63)75-61)36-33-30-18-15-11-3)60-41-39-50(74-60)44-58-68(72-8)69-57(12-4)67(70-58)71-7;;;;;;;;;;;;;;;;;;;;;;;;;;;;;;;;/h12,38-46H,9,13,16,19-28,31,34,37H2,1-8H3;32*1H/b57-12-,58-44-;;;;;;;;;;;;;;;;;;;;;;;;;;;;;;;;. The number of thiophene rings is 4.